The van der Waals surface area contributed by atoms with Crippen LogP contribution in [0.3, 0.4) is 0 Å². The first kappa shape index (κ1) is 24.0. The first-order chi connectivity index (χ1) is 14.9. The molecule has 0 aromatic rings. The van der Waals surface area contributed by atoms with Crippen molar-refractivity contribution in [2.75, 3.05) is 6.61 Å². The van der Waals surface area contributed by atoms with Crippen LogP contribution < -0.4 is 0 Å². The molecule has 4 rings (SSSR count). The van der Waals surface area contributed by atoms with E-state index in [-0.39, 0.29) is 35.7 Å². The molecular formula is C27H42O5. The Morgan fingerprint density at radius 3 is 2.38 bits per heavy atom. The van der Waals surface area contributed by atoms with Gasteiger partial charge in [-0.1, -0.05) is 40.5 Å². The minimum absolute atomic E-state index is 0.0394. The Kier molecular flexibility index (Phi) is 5.80. The minimum atomic E-state index is -1.23. The molecule has 5 heteroatoms. The number of esters is 1. The standard InChI is InChI=1S/C27H42O5/c1-7-32-22(29)10-13-26(30)16(2)14-21-23-17(3)18(4)27(31)15-19(28)8-11-24(27,5)20(23)9-12-25(21,26)6/h16-21,23,28,30-31H,7-9,11-12,14-15H2,1-6H3/t16?,17?,18-,19?,20?,21?,23?,24?,25?,26?,27?/m1/s1. The molecule has 4 fully saturated rings. The fraction of sp³-hybridized carbons (Fsp3) is 0.889. The van der Waals surface area contributed by atoms with E-state index >= 15 is 0 Å². The molecule has 32 heavy (non-hydrogen) atoms. The van der Waals surface area contributed by atoms with Crippen LogP contribution in [0.1, 0.15) is 80.1 Å². The second kappa shape index (κ2) is 7.72. The lowest BCUT2D eigenvalue weighted by Gasteiger charge is -2.68. The molecule has 11 atom stereocenters. The van der Waals surface area contributed by atoms with Gasteiger partial charge in [-0.2, -0.15) is 0 Å². The SMILES string of the molecule is CCOC(=O)C#CC1(O)C(C)CC2C3C(C)[C@@H](C)C4(O)CC(O)CCC4(C)C3CCC21C. The first-order valence-electron chi connectivity index (χ1n) is 12.7. The summed E-state index contributed by atoms with van der Waals surface area (Å²) in [4.78, 5) is 11.9. The highest BCUT2D eigenvalue weighted by molar-refractivity contribution is 5.88. The molecule has 3 N–H and O–H groups in total. The number of rotatable bonds is 1. The molecule has 0 bridgehead atoms. The molecule has 10 unspecified atom stereocenters. The van der Waals surface area contributed by atoms with E-state index in [9.17, 15) is 20.1 Å². The number of carbonyl (C=O) groups is 1. The number of carbonyl (C=O) groups excluding carboxylic acids is 1. The summed E-state index contributed by atoms with van der Waals surface area (Å²) in [6.07, 6.45) is 4.26. The Morgan fingerprint density at radius 1 is 1.06 bits per heavy atom. The van der Waals surface area contributed by atoms with Crippen molar-refractivity contribution in [3.63, 3.8) is 0 Å². The van der Waals surface area contributed by atoms with Crippen LogP contribution in [0.25, 0.3) is 0 Å². The molecule has 4 saturated carbocycles. The van der Waals surface area contributed by atoms with Gasteiger partial charge >= 0.3 is 5.97 Å². The average molecular weight is 447 g/mol. The molecular weight excluding hydrogens is 404 g/mol. The van der Waals surface area contributed by atoms with Gasteiger partial charge in [-0.15, -0.1) is 0 Å². The van der Waals surface area contributed by atoms with Gasteiger partial charge in [0.05, 0.1) is 18.3 Å². The quantitative estimate of drug-likeness (QED) is 0.326. The van der Waals surface area contributed by atoms with Crippen molar-refractivity contribution in [2.24, 2.45) is 46.3 Å². The van der Waals surface area contributed by atoms with E-state index < -0.39 is 28.7 Å². The number of ether oxygens (including phenoxy) is 1. The second-order valence-corrected chi connectivity index (χ2v) is 12.0. The van der Waals surface area contributed by atoms with Crippen molar-refractivity contribution in [1.29, 1.82) is 0 Å². The maximum Gasteiger partial charge on any atom is 0.384 e. The summed E-state index contributed by atoms with van der Waals surface area (Å²) in [6, 6.07) is 0. The van der Waals surface area contributed by atoms with Crippen molar-refractivity contribution < 1.29 is 24.9 Å². The fourth-order valence-electron chi connectivity index (χ4n) is 8.96. The van der Waals surface area contributed by atoms with Crippen LogP contribution in [0.5, 0.6) is 0 Å². The molecule has 0 saturated heterocycles. The molecule has 0 radical (unpaired) electrons. The molecule has 0 aromatic carbocycles. The van der Waals surface area contributed by atoms with Crippen molar-refractivity contribution in [3.8, 4) is 11.8 Å². The topological polar surface area (TPSA) is 87.0 Å². The third kappa shape index (κ3) is 2.98. The third-order valence-electron chi connectivity index (χ3n) is 11.0. The lowest BCUT2D eigenvalue weighted by Crippen LogP contribution is -2.69. The summed E-state index contributed by atoms with van der Waals surface area (Å²) in [5.74, 6) is 6.31. The van der Waals surface area contributed by atoms with Gasteiger partial charge in [0.15, 0.2) is 0 Å². The summed E-state index contributed by atoms with van der Waals surface area (Å²) in [5, 5.41) is 34.3. The molecule has 0 spiro atoms. The van der Waals surface area contributed by atoms with Crippen molar-refractivity contribution in [1.82, 2.24) is 0 Å². The molecule has 180 valence electrons. The van der Waals surface area contributed by atoms with E-state index in [0.29, 0.717) is 18.3 Å². The normalized spacial score (nSPS) is 54.5. The lowest BCUT2D eigenvalue weighted by molar-refractivity contribution is -0.264. The van der Waals surface area contributed by atoms with Gasteiger partial charge in [0.2, 0.25) is 0 Å². The smallest absolute Gasteiger partial charge is 0.384 e. The summed E-state index contributed by atoms with van der Waals surface area (Å²) in [6.45, 7) is 12.9. The summed E-state index contributed by atoms with van der Waals surface area (Å²) in [7, 11) is 0. The van der Waals surface area contributed by atoms with E-state index in [1.807, 2.05) is 0 Å². The average Bonchev–Trinajstić information content (AvgIpc) is 2.93. The van der Waals surface area contributed by atoms with Gasteiger partial charge in [0.25, 0.3) is 0 Å². The first-order valence-corrected chi connectivity index (χ1v) is 12.7. The molecule has 5 nitrogen and oxygen atoms in total. The number of hydrogen-bond acceptors (Lipinski definition) is 5. The maximum atomic E-state index is 12.0. The molecule has 4 aliphatic rings. The van der Waals surface area contributed by atoms with Crippen LogP contribution in [0.15, 0.2) is 0 Å². The number of aliphatic hydroxyl groups excluding tert-OH is 1. The second-order valence-electron chi connectivity index (χ2n) is 12.0. The summed E-state index contributed by atoms with van der Waals surface area (Å²) < 4.78 is 4.99. The highest BCUT2D eigenvalue weighted by Gasteiger charge is 2.71. The predicted molar refractivity (Wildman–Crippen MR) is 122 cm³/mol. The van der Waals surface area contributed by atoms with Gasteiger partial charge in [-0.25, -0.2) is 4.79 Å². The van der Waals surface area contributed by atoms with Crippen LogP contribution in [-0.2, 0) is 9.53 Å². The van der Waals surface area contributed by atoms with E-state index in [0.717, 1.165) is 32.1 Å². The van der Waals surface area contributed by atoms with Crippen LogP contribution in [0.4, 0.5) is 0 Å². The van der Waals surface area contributed by atoms with Gasteiger partial charge in [0.1, 0.15) is 5.60 Å². The maximum absolute atomic E-state index is 12.0. The molecule has 4 aliphatic carbocycles. The number of fused-ring (bicyclic) bond motifs is 5. The largest absolute Gasteiger partial charge is 0.456 e. The van der Waals surface area contributed by atoms with E-state index in [1.165, 1.54) is 0 Å². The van der Waals surface area contributed by atoms with Gasteiger partial charge in [-0.3, -0.25) is 0 Å². The lowest BCUT2D eigenvalue weighted by atomic mass is 9.39. The van der Waals surface area contributed by atoms with Crippen molar-refractivity contribution in [3.05, 3.63) is 0 Å². The highest BCUT2D eigenvalue weighted by atomic mass is 16.5. The van der Waals surface area contributed by atoms with Crippen LogP contribution in [-0.4, -0.2) is 45.2 Å². The monoisotopic (exact) mass is 446 g/mol. The Morgan fingerprint density at radius 2 is 1.72 bits per heavy atom. The zero-order valence-electron chi connectivity index (χ0n) is 20.6. The van der Waals surface area contributed by atoms with Crippen molar-refractivity contribution in [2.45, 2.75) is 97.4 Å². The van der Waals surface area contributed by atoms with Crippen LogP contribution in [0, 0.1) is 58.2 Å². The number of aliphatic hydroxyl groups is 3. The van der Waals surface area contributed by atoms with Crippen LogP contribution in [0.2, 0.25) is 0 Å². The molecule has 0 amide bonds. The molecule has 0 heterocycles. The van der Waals surface area contributed by atoms with Gasteiger partial charge < -0.3 is 20.1 Å². The Hall–Kier alpha value is -1.09. The van der Waals surface area contributed by atoms with Gasteiger partial charge in [0, 0.05) is 17.8 Å². The summed E-state index contributed by atoms with van der Waals surface area (Å²) in [5.41, 5.74) is -2.72. The molecule has 0 aliphatic heterocycles. The highest BCUT2D eigenvalue weighted by Crippen LogP contribution is 2.71. The fourth-order valence-corrected chi connectivity index (χ4v) is 8.96. The summed E-state index contributed by atoms with van der Waals surface area (Å²) >= 11 is 0. The zero-order chi connectivity index (χ0) is 23.7. The zero-order valence-corrected chi connectivity index (χ0v) is 20.6. The van der Waals surface area contributed by atoms with Gasteiger partial charge in [-0.05, 0) is 80.0 Å². The third-order valence-corrected chi connectivity index (χ3v) is 11.0. The van der Waals surface area contributed by atoms with E-state index in [4.69, 9.17) is 4.74 Å². The Labute approximate surface area is 193 Å². The predicted octanol–water partition coefficient (Wildman–Crippen LogP) is 3.54. The van der Waals surface area contributed by atoms with Crippen molar-refractivity contribution >= 4 is 5.97 Å². The van der Waals surface area contributed by atoms with E-state index in [1.54, 1.807) is 6.92 Å². The van der Waals surface area contributed by atoms with Crippen LogP contribution >= 0.6 is 0 Å². The van der Waals surface area contributed by atoms with E-state index in [2.05, 4.69) is 46.5 Å². The number of hydrogen-bond donors (Lipinski definition) is 3. The molecule has 0 aromatic heterocycles. The Balaban J connectivity index is 1.73. The Bertz CT molecular complexity index is 830. The minimum Gasteiger partial charge on any atom is -0.456 e.